The van der Waals surface area contributed by atoms with Gasteiger partial charge in [-0.1, -0.05) is 25.5 Å². The van der Waals surface area contributed by atoms with Crippen molar-refractivity contribution in [1.29, 1.82) is 5.26 Å². The van der Waals surface area contributed by atoms with Crippen molar-refractivity contribution in [2.24, 2.45) is 17.3 Å². The largest absolute Gasteiger partial charge is 0.508 e. The van der Waals surface area contributed by atoms with Gasteiger partial charge in [0.15, 0.2) is 0 Å². The summed E-state index contributed by atoms with van der Waals surface area (Å²) in [7, 11) is 0. The Morgan fingerprint density at radius 3 is 2.88 bits per heavy atom. The molecule has 2 fully saturated rings. The van der Waals surface area contributed by atoms with Gasteiger partial charge in [-0.25, -0.2) is 0 Å². The Labute approximate surface area is 145 Å². The molecule has 1 aromatic carbocycles. The Hall–Kier alpha value is -1.75. The van der Waals surface area contributed by atoms with Gasteiger partial charge in [0, 0.05) is 6.08 Å². The van der Waals surface area contributed by atoms with Crippen LogP contribution in [0.2, 0.25) is 0 Å². The molecule has 3 aliphatic carbocycles. The van der Waals surface area contributed by atoms with E-state index in [4.69, 9.17) is 5.26 Å². The summed E-state index contributed by atoms with van der Waals surface area (Å²) in [6.07, 6.45) is 9.85. The predicted molar refractivity (Wildman–Crippen MR) is 95.8 cm³/mol. The van der Waals surface area contributed by atoms with Crippen LogP contribution in [-0.2, 0) is 12.8 Å². The lowest BCUT2D eigenvalue weighted by molar-refractivity contribution is 0.0814. The molecular weight excluding hydrogens is 294 g/mol. The molecule has 0 aromatic heterocycles. The van der Waals surface area contributed by atoms with E-state index in [1.807, 2.05) is 12.1 Å². The van der Waals surface area contributed by atoms with Gasteiger partial charge in [0.25, 0.3) is 0 Å². The van der Waals surface area contributed by atoms with E-state index in [1.165, 1.54) is 42.4 Å². The zero-order valence-corrected chi connectivity index (χ0v) is 14.8. The third-order valence-electron chi connectivity index (χ3n) is 7.39. The average Bonchev–Trinajstić information content (AvgIpc) is 2.91. The van der Waals surface area contributed by atoms with Gasteiger partial charge in [0.1, 0.15) is 5.75 Å². The smallest absolute Gasteiger partial charge is 0.119 e. The molecule has 0 amide bonds. The van der Waals surface area contributed by atoms with Crippen LogP contribution in [0.1, 0.15) is 68.6 Å². The highest BCUT2D eigenvalue weighted by atomic mass is 16.3. The summed E-state index contributed by atoms with van der Waals surface area (Å²) in [5.41, 5.74) is 5.64. The van der Waals surface area contributed by atoms with Crippen LogP contribution in [0.3, 0.4) is 0 Å². The number of hydrogen-bond acceptors (Lipinski definition) is 2. The first-order valence-electron chi connectivity index (χ1n) is 9.52. The van der Waals surface area contributed by atoms with Crippen LogP contribution in [0.25, 0.3) is 0 Å². The number of nitriles is 1. The number of aryl methyl sites for hydroxylation is 2. The van der Waals surface area contributed by atoms with Crippen molar-refractivity contribution in [2.45, 2.75) is 64.7 Å². The molecule has 3 aliphatic rings. The molecule has 2 nitrogen and oxygen atoms in total. The number of rotatable bonds is 1. The number of hydrogen-bond donors (Lipinski definition) is 1. The molecule has 0 spiro atoms. The Balaban J connectivity index is 1.72. The van der Waals surface area contributed by atoms with Crippen molar-refractivity contribution in [3.8, 4) is 11.8 Å². The number of phenolic OH excluding ortho intramolecular Hbond substituents is 1. The minimum absolute atomic E-state index is 0.249. The van der Waals surface area contributed by atoms with Crippen molar-refractivity contribution in [3.63, 3.8) is 0 Å². The van der Waals surface area contributed by atoms with Gasteiger partial charge in [-0.05, 0) is 90.9 Å². The molecular formula is C22H27NO. The molecule has 2 heteroatoms. The second-order valence-corrected chi connectivity index (χ2v) is 8.24. The maximum Gasteiger partial charge on any atom is 0.119 e. The molecule has 0 heterocycles. The van der Waals surface area contributed by atoms with Crippen LogP contribution < -0.4 is 0 Å². The van der Waals surface area contributed by atoms with Gasteiger partial charge < -0.3 is 5.11 Å². The highest BCUT2D eigenvalue weighted by Crippen LogP contribution is 2.62. The maximum absolute atomic E-state index is 10.2. The van der Waals surface area contributed by atoms with Gasteiger partial charge in [-0.2, -0.15) is 5.26 Å². The lowest BCUT2D eigenvalue weighted by Crippen LogP contribution is -2.40. The molecule has 0 saturated heterocycles. The standard InChI is InChI=1S/C22H27NO/c1-3-14-12-19-15(13-21(14)24)4-6-18-17(19)8-10-22(2)16(9-11-23)5-7-20(18)22/h9,12-13,17-18,20,24H,3-8,10H2,1-2H3/t17?,18?,20?,22-/m1/s1. The second kappa shape index (κ2) is 5.66. The van der Waals surface area contributed by atoms with E-state index in [-0.39, 0.29) is 5.41 Å². The third-order valence-corrected chi connectivity index (χ3v) is 7.39. The lowest BCUT2D eigenvalue weighted by atomic mass is 9.55. The highest BCUT2D eigenvalue weighted by molar-refractivity contribution is 5.46. The van der Waals surface area contributed by atoms with Crippen molar-refractivity contribution in [1.82, 2.24) is 0 Å². The van der Waals surface area contributed by atoms with Gasteiger partial charge in [-0.3, -0.25) is 0 Å². The summed E-state index contributed by atoms with van der Waals surface area (Å²) in [6.45, 7) is 4.53. The summed E-state index contributed by atoms with van der Waals surface area (Å²) in [4.78, 5) is 0. The topological polar surface area (TPSA) is 44.0 Å². The normalized spacial score (nSPS) is 35.9. The zero-order chi connectivity index (χ0) is 16.9. The number of allylic oxidation sites excluding steroid dienone is 2. The summed E-state index contributed by atoms with van der Waals surface area (Å²) in [6, 6.07) is 6.62. The fourth-order valence-corrected chi connectivity index (χ4v) is 6.10. The summed E-state index contributed by atoms with van der Waals surface area (Å²) in [5.74, 6) is 2.60. The Morgan fingerprint density at radius 1 is 1.29 bits per heavy atom. The fraction of sp³-hybridized carbons (Fsp3) is 0.591. The van der Waals surface area contributed by atoms with E-state index < -0.39 is 0 Å². The highest BCUT2D eigenvalue weighted by Gasteiger charge is 2.52. The summed E-state index contributed by atoms with van der Waals surface area (Å²) in [5, 5.41) is 19.3. The lowest BCUT2D eigenvalue weighted by Gasteiger charge is -2.49. The molecule has 126 valence electrons. The second-order valence-electron chi connectivity index (χ2n) is 8.24. The van der Waals surface area contributed by atoms with E-state index in [2.05, 4.69) is 26.0 Å². The number of fused-ring (bicyclic) bond motifs is 5. The van der Waals surface area contributed by atoms with E-state index in [9.17, 15) is 5.11 Å². The van der Waals surface area contributed by atoms with E-state index >= 15 is 0 Å². The molecule has 2 saturated carbocycles. The molecule has 24 heavy (non-hydrogen) atoms. The van der Waals surface area contributed by atoms with E-state index in [1.54, 1.807) is 0 Å². The molecule has 0 radical (unpaired) electrons. The van der Waals surface area contributed by atoms with Crippen molar-refractivity contribution >= 4 is 0 Å². The van der Waals surface area contributed by atoms with Crippen LogP contribution in [0.4, 0.5) is 0 Å². The molecule has 0 aliphatic heterocycles. The minimum Gasteiger partial charge on any atom is -0.508 e. The molecule has 0 bridgehead atoms. The Kier molecular flexibility index (Phi) is 3.71. The molecule has 1 aromatic rings. The van der Waals surface area contributed by atoms with Gasteiger partial charge in [-0.15, -0.1) is 0 Å². The summed E-state index contributed by atoms with van der Waals surface area (Å²) < 4.78 is 0. The number of nitrogens with zero attached hydrogens (tertiary/aromatic N) is 1. The predicted octanol–water partition coefficient (Wildman–Crippen LogP) is 5.26. The van der Waals surface area contributed by atoms with Crippen LogP contribution in [0, 0.1) is 28.6 Å². The van der Waals surface area contributed by atoms with Crippen LogP contribution >= 0.6 is 0 Å². The molecule has 1 N–H and O–H groups in total. The van der Waals surface area contributed by atoms with E-state index in [0.717, 1.165) is 36.7 Å². The van der Waals surface area contributed by atoms with Gasteiger partial charge >= 0.3 is 0 Å². The van der Waals surface area contributed by atoms with E-state index in [0.29, 0.717) is 11.7 Å². The first-order valence-corrected chi connectivity index (χ1v) is 9.52. The Morgan fingerprint density at radius 2 is 2.12 bits per heavy atom. The quantitative estimate of drug-likeness (QED) is 0.717. The van der Waals surface area contributed by atoms with Gasteiger partial charge in [0.2, 0.25) is 0 Å². The number of phenols is 1. The van der Waals surface area contributed by atoms with Crippen LogP contribution in [0.5, 0.6) is 5.75 Å². The third kappa shape index (κ3) is 2.14. The Bertz CT molecular complexity index is 741. The van der Waals surface area contributed by atoms with Crippen molar-refractivity contribution in [3.05, 3.63) is 40.5 Å². The maximum atomic E-state index is 10.2. The number of aromatic hydroxyl groups is 1. The minimum atomic E-state index is 0.249. The first kappa shape index (κ1) is 15.8. The average molecular weight is 321 g/mol. The fourth-order valence-electron chi connectivity index (χ4n) is 6.10. The monoisotopic (exact) mass is 321 g/mol. The van der Waals surface area contributed by atoms with Crippen LogP contribution in [-0.4, -0.2) is 5.11 Å². The molecule has 3 unspecified atom stereocenters. The first-order chi connectivity index (χ1) is 11.6. The van der Waals surface area contributed by atoms with Crippen molar-refractivity contribution in [2.75, 3.05) is 0 Å². The van der Waals surface area contributed by atoms with Crippen LogP contribution in [0.15, 0.2) is 23.8 Å². The van der Waals surface area contributed by atoms with Crippen molar-refractivity contribution < 1.29 is 5.11 Å². The summed E-state index contributed by atoms with van der Waals surface area (Å²) >= 11 is 0. The van der Waals surface area contributed by atoms with Gasteiger partial charge in [0.05, 0.1) is 6.07 Å². The molecule has 4 atom stereocenters. The molecule has 4 rings (SSSR count). The SMILES string of the molecule is CCc1cc2c(cc1O)CCC1C2CC[C@]2(C)C(=CC#N)CCC12. The number of benzene rings is 1. The zero-order valence-electron chi connectivity index (χ0n) is 14.8.